The molecule has 0 bridgehead atoms. The molecule has 2 aromatic carbocycles. The molecule has 0 N–H and O–H groups in total. The highest BCUT2D eigenvalue weighted by atomic mass is 32.2. The summed E-state index contributed by atoms with van der Waals surface area (Å²) in [5.41, 5.74) is 3.67. The Morgan fingerprint density at radius 3 is 2.60 bits per heavy atom. The van der Waals surface area contributed by atoms with Gasteiger partial charge in [0.05, 0.1) is 22.5 Å². The van der Waals surface area contributed by atoms with Gasteiger partial charge >= 0.3 is 0 Å². The highest BCUT2D eigenvalue weighted by molar-refractivity contribution is 7.99. The quantitative estimate of drug-likeness (QED) is 0.325. The molecule has 2 aromatic heterocycles. The van der Waals surface area contributed by atoms with Gasteiger partial charge in [0.25, 0.3) is 5.91 Å². The molecular formula is C24H23N3OS2. The van der Waals surface area contributed by atoms with Crippen LogP contribution in [0.25, 0.3) is 10.2 Å². The summed E-state index contributed by atoms with van der Waals surface area (Å²) in [4.78, 5) is 25.6. The van der Waals surface area contributed by atoms with Gasteiger partial charge < -0.3 is 0 Å². The molecule has 152 valence electrons. The van der Waals surface area contributed by atoms with E-state index in [4.69, 9.17) is 4.98 Å². The van der Waals surface area contributed by atoms with Crippen molar-refractivity contribution in [2.45, 2.75) is 31.7 Å². The van der Waals surface area contributed by atoms with E-state index in [1.54, 1.807) is 34.2 Å². The fourth-order valence-corrected chi connectivity index (χ4v) is 4.88. The minimum absolute atomic E-state index is 0.0662. The van der Waals surface area contributed by atoms with Crippen LogP contribution in [-0.2, 0) is 13.0 Å². The number of pyridine rings is 1. The van der Waals surface area contributed by atoms with E-state index in [1.807, 2.05) is 48.5 Å². The third-order valence-corrected chi connectivity index (χ3v) is 6.72. The largest absolute Gasteiger partial charge is 0.278 e. The molecule has 0 spiro atoms. The molecular weight excluding hydrogens is 410 g/mol. The minimum Gasteiger partial charge on any atom is -0.278 e. The number of carbonyl (C=O) groups is 1. The topological polar surface area (TPSA) is 46.1 Å². The molecule has 6 heteroatoms. The van der Waals surface area contributed by atoms with Crippen LogP contribution in [0, 0.1) is 0 Å². The SMILES string of the molecule is CCSc1ccc(C(=O)N(Cc2ccccn2)c2nc3ccc(CC)cc3s2)cc1. The highest BCUT2D eigenvalue weighted by Crippen LogP contribution is 2.31. The zero-order valence-corrected chi connectivity index (χ0v) is 18.7. The van der Waals surface area contributed by atoms with Gasteiger partial charge in [-0.3, -0.25) is 14.7 Å². The van der Waals surface area contributed by atoms with E-state index >= 15 is 0 Å². The van der Waals surface area contributed by atoms with Crippen LogP contribution in [-0.4, -0.2) is 21.6 Å². The van der Waals surface area contributed by atoms with E-state index in [0.717, 1.165) is 33.0 Å². The predicted molar refractivity (Wildman–Crippen MR) is 127 cm³/mol. The Balaban J connectivity index is 1.71. The average Bonchev–Trinajstić information content (AvgIpc) is 3.21. The number of benzene rings is 2. The fraction of sp³-hybridized carbons (Fsp3) is 0.208. The minimum atomic E-state index is -0.0662. The number of rotatable bonds is 7. The molecule has 4 rings (SSSR count). The maximum absolute atomic E-state index is 13.5. The lowest BCUT2D eigenvalue weighted by atomic mass is 10.2. The van der Waals surface area contributed by atoms with Crippen LogP contribution in [0.1, 0.15) is 35.5 Å². The number of amides is 1. The number of aromatic nitrogens is 2. The van der Waals surface area contributed by atoms with E-state index in [1.165, 1.54) is 5.56 Å². The number of carbonyl (C=O) groups excluding carboxylic acids is 1. The summed E-state index contributed by atoms with van der Waals surface area (Å²) in [6, 6.07) is 19.9. The lowest BCUT2D eigenvalue weighted by molar-refractivity contribution is 0.0984. The molecule has 0 aliphatic carbocycles. The van der Waals surface area contributed by atoms with Crippen LogP contribution in [0.15, 0.2) is 71.8 Å². The van der Waals surface area contributed by atoms with Crippen LogP contribution in [0.4, 0.5) is 5.13 Å². The van der Waals surface area contributed by atoms with Crippen LogP contribution in [0.3, 0.4) is 0 Å². The summed E-state index contributed by atoms with van der Waals surface area (Å²) < 4.78 is 1.10. The van der Waals surface area contributed by atoms with Crippen molar-refractivity contribution in [2.24, 2.45) is 0 Å². The van der Waals surface area contributed by atoms with Gasteiger partial charge in [-0.1, -0.05) is 37.3 Å². The molecule has 0 saturated carbocycles. The predicted octanol–water partition coefficient (Wildman–Crippen LogP) is 6.21. The van der Waals surface area contributed by atoms with Gasteiger partial charge in [0.2, 0.25) is 0 Å². The van der Waals surface area contributed by atoms with Crippen molar-refractivity contribution in [3.05, 3.63) is 83.7 Å². The molecule has 4 nitrogen and oxygen atoms in total. The fourth-order valence-electron chi connectivity index (χ4n) is 3.19. The molecule has 2 heterocycles. The normalized spacial score (nSPS) is 11.0. The van der Waals surface area contributed by atoms with Crippen molar-refractivity contribution in [1.82, 2.24) is 9.97 Å². The van der Waals surface area contributed by atoms with Gasteiger partial charge in [-0.15, -0.1) is 11.8 Å². The maximum Gasteiger partial charge on any atom is 0.260 e. The summed E-state index contributed by atoms with van der Waals surface area (Å²) in [5, 5.41) is 0.695. The van der Waals surface area contributed by atoms with E-state index in [-0.39, 0.29) is 5.91 Å². The molecule has 0 aliphatic rings. The first-order valence-corrected chi connectivity index (χ1v) is 11.8. The Morgan fingerprint density at radius 1 is 1.07 bits per heavy atom. The number of fused-ring (bicyclic) bond motifs is 1. The standard InChI is InChI=1S/C24H23N3OS2/c1-3-17-8-13-21-22(15-17)30-24(26-21)27(16-19-7-5-6-14-25-19)23(28)18-9-11-20(12-10-18)29-4-2/h5-15H,3-4,16H2,1-2H3. The third kappa shape index (κ3) is 4.55. The molecule has 1 amide bonds. The summed E-state index contributed by atoms with van der Waals surface area (Å²) in [7, 11) is 0. The van der Waals surface area contributed by atoms with Gasteiger partial charge in [0, 0.05) is 16.7 Å². The van der Waals surface area contributed by atoms with Crippen LogP contribution in [0.2, 0.25) is 0 Å². The van der Waals surface area contributed by atoms with Crippen LogP contribution < -0.4 is 4.90 Å². The number of nitrogens with zero attached hydrogens (tertiary/aromatic N) is 3. The Bertz CT molecular complexity index is 1140. The molecule has 0 fully saturated rings. The van der Waals surface area contributed by atoms with E-state index in [0.29, 0.717) is 17.2 Å². The second kappa shape index (κ2) is 9.41. The number of thiazole rings is 1. The Kier molecular flexibility index (Phi) is 6.45. The number of anilines is 1. The van der Waals surface area contributed by atoms with Crippen molar-refractivity contribution < 1.29 is 4.79 Å². The van der Waals surface area contributed by atoms with Crippen molar-refractivity contribution in [3.8, 4) is 0 Å². The maximum atomic E-state index is 13.5. The number of hydrogen-bond acceptors (Lipinski definition) is 5. The molecule has 0 saturated heterocycles. The molecule has 4 aromatic rings. The van der Waals surface area contributed by atoms with E-state index in [2.05, 4.69) is 31.0 Å². The Morgan fingerprint density at radius 2 is 1.90 bits per heavy atom. The highest BCUT2D eigenvalue weighted by Gasteiger charge is 2.22. The van der Waals surface area contributed by atoms with Gasteiger partial charge in [-0.05, 0) is 66.3 Å². The van der Waals surface area contributed by atoms with Crippen molar-refractivity contribution in [3.63, 3.8) is 0 Å². The van der Waals surface area contributed by atoms with E-state index in [9.17, 15) is 4.79 Å². The second-order valence-electron chi connectivity index (χ2n) is 6.82. The van der Waals surface area contributed by atoms with Gasteiger partial charge in [0.1, 0.15) is 0 Å². The molecule has 0 radical (unpaired) electrons. The zero-order chi connectivity index (χ0) is 20.9. The lowest BCUT2D eigenvalue weighted by Gasteiger charge is -2.19. The van der Waals surface area contributed by atoms with Crippen molar-refractivity contribution in [2.75, 3.05) is 10.7 Å². The molecule has 0 atom stereocenters. The lowest BCUT2D eigenvalue weighted by Crippen LogP contribution is -2.30. The monoisotopic (exact) mass is 433 g/mol. The molecule has 0 unspecified atom stereocenters. The Labute approximate surface area is 185 Å². The van der Waals surface area contributed by atoms with Crippen molar-refractivity contribution >= 4 is 44.4 Å². The summed E-state index contributed by atoms with van der Waals surface area (Å²) in [6.45, 7) is 4.64. The summed E-state index contributed by atoms with van der Waals surface area (Å²) in [5.74, 6) is 0.938. The summed E-state index contributed by atoms with van der Waals surface area (Å²) >= 11 is 3.31. The van der Waals surface area contributed by atoms with Crippen LogP contribution >= 0.6 is 23.1 Å². The van der Waals surface area contributed by atoms with Gasteiger partial charge in [-0.2, -0.15) is 0 Å². The summed E-state index contributed by atoms with van der Waals surface area (Å²) in [6.07, 6.45) is 2.72. The Hall–Kier alpha value is -2.70. The first kappa shape index (κ1) is 20.6. The third-order valence-electron chi connectivity index (χ3n) is 4.78. The number of hydrogen-bond donors (Lipinski definition) is 0. The second-order valence-corrected chi connectivity index (χ2v) is 9.17. The molecule has 0 aliphatic heterocycles. The van der Waals surface area contributed by atoms with Gasteiger partial charge in [0.15, 0.2) is 5.13 Å². The zero-order valence-electron chi connectivity index (χ0n) is 17.0. The van der Waals surface area contributed by atoms with E-state index < -0.39 is 0 Å². The number of thioether (sulfide) groups is 1. The first-order valence-electron chi connectivity index (χ1n) is 10.0. The smallest absolute Gasteiger partial charge is 0.260 e. The van der Waals surface area contributed by atoms with Gasteiger partial charge in [-0.25, -0.2) is 4.98 Å². The average molecular weight is 434 g/mol. The van der Waals surface area contributed by atoms with Crippen molar-refractivity contribution in [1.29, 1.82) is 0 Å². The first-order chi connectivity index (χ1) is 14.7. The number of aryl methyl sites for hydroxylation is 1. The van der Waals surface area contributed by atoms with Crippen LogP contribution in [0.5, 0.6) is 0 Å². The molecule has 30 heavy (non-hydrogen) atoms.